The lowest BCUT2D eigenvalue weighted by Gasteiger charge is -2.15. The second kappa shape index (κ2) is 4.88. The van der Waals surface area contributed by atoms with Gasteiger partial charge in [0.05, 0.1) is 6.04 Å². The van der Waals surface area contributed by atoms with Crippen LogP contribution in [0, 0.1) is 5.92 Å². The Labute approximate surface area is 102 Å². The summed E-state index contributed by atoms with van der Waals surface area (Å²) in [5.74, 6) is 0.0578. The van der Waals surface area contributed by atoms with Gasteiger partial charge in [-0.3, -0.25) is 4.79 Å². The van der Waals surface area contributed by atoms with E-state index in [1.165, 1.54) is 17.5 Å². The summed E-state index contributed by atoms with van der Waals surface area (Å²) >= 11 is 0. The van der Waals surface area contributed by atoms with Crippen molar-refractivity contribution in [1.82, 2.24) is 0 Å². The molecule has 2 rings (SSSR count). The SMILES string of the molecule is CC(C)C(N)C(=O)Nc1ccc2c(c1)CCC2. The van der Waals surface area contributed by atoms with Gasteiger partial charge < -0.3 is 11.1 Å². The molecule has 0 aliphatic heterocycles. The maximum absolute atomic E-state index is 11.8. The molecule has 1 aromatic rings. The molecule has 17 heavy (non-hydrogen) atoms. The summed E-state index contributed by atoms with van der Waals surface area (Å²) in [6.07, 6.45) is 3.50. The third-order valence-corrected chi connectivity index (χ3v) is 3.39. The average Bonchev–Trinajstić information content (AvgIpc) is 2.74. The molecule has 1 aromatic carbocycles. The first-order chi connectivity index (χ1) is 8.08. The number of benzene rings is 1. The Hall–Kier alpha value is -1.35. The predicted molar refractivity (Wildman–Crippen MR) is 69.9 cm³/mol. The summed E-state index contributed by atoms with van der Waals surface area (Å²) in [5, 5.41) is 2.89. The van der Waals surface area contributed by atoms with Gasteiger partial charge in [-0.05, 0) is 48.4 Å². The molecule has 1 aliphatic rings. The molecule has 1 aliphatic carbocycles. The summed E-state index contributed by atoms with van der Waals surface area (Å²) in [6.45, 7) is 3.90. The van der Waals surface area contributed by atoms with Crippen LogP contribution in [0.5, 0.6) is 0 Å². The van der Waals surface area contributed by atoms with Crippen molar-refractivity contribution < 1.29 is 4.79 Å². The summed E-state index contributed by atoms with van der Waals surface area (Å²) in [5.41, 5.74) is 9.45. The van der Waals surface area contributed by atoms with Crippen molar-refractivity contribution in [2.24, 2.45) is 11.7 Å². The van der Waals surface area contributed by atoms with Crippen LogP contribution in [0.4, 0.5) is 5.69 Å². The maximum atomic E-state index is 11.8. The number of rotatable bonds is 3. The summed E-state index contributed by atoms with van der Waals surface area (Å²) in [6, 6.07) is 5.71. The van der Waals surface area contributed by atoms with Gasteiger partial charge in [0.2, 0.25) is 5.91 Å². The van der Waals surface area contributed by atoms with E-state index in [9.17, 15) is 4.79 Å². The first-order valence-corrected chi connectivity index (χ1v) is 6.26. The standard InChI is InChI=1S/C14H20N2O/c1-9(2)13(15)14(17)16-12-7-6-10-4-3-5-11(10)8-12/h6-9,13H,3-5,15H2,1-2H3,(H,16,17). The van der Waals surface area contributed by atoms with E-state index in [0.29, 0.717) is 0 Å². The second-order valence-corrected chi connectivity index (χ2v) is 5.10. The minimum absolute atomic E-state index is 0.0991. The highest BCUT2D eigenvalue weighted by Gasteiger charge is 2.18. The number of hydrogen-bond acceptors (Lipinski definition) is 2. The smallest absolute Gasteiger partial charge is 0.241 e. The molecule has 3 N–H and O–H groups in total. The van der Waals surface area contributed by atoms with Crippen molar-refractivity contribution >= 4 is 11.6 Å². The van der Waals surface area contributed by atoms with E-state index in [1.807, 2.05) is 19.9 Å². The average molecular weight is 232 g/mol. The van der Waals surface area contributed by atoms with Crippen LogP contribution >= 0.6 is 0 Å². The Morgan fingerprint density at radius 1 is 1.29 bits per heavy atom. The fraction of sp³-hybridized carbons (Fsp3) is 0.500. The molecule has 0 fully saturated rings. The Bertz CT molecular complexity index is 426. The number of nitrogens with one attached hydrogen (secondary N) is 1. The van der Waals surface area contributed by atoms with Gasteiger partial charge in [0, 0.05) is 5.69 Å². The zero-order chi connectivity index (χ0) is 12.4. The van der Waals surface area contributed by atoms with Gasteiger partial charge in [0.25, 0.3) is 0 Å². The van der Waals surface area contributed by atoms with Crippen LogP contribution in [-0.4, -0.2) is 11.9 Å². The Morgan fingerprint density at radius 3 is 2.71 bits per heavy atom. The van der Waals surface area contributed by atoms with Gasteiger partial charge in [-0.1, -0.05) is 19.9 Å². The molecule has 0 bridgehead atoms. The molecule has 0 radical (unpaired) electrons. The molecular weight excluding hydrogens is 212 g/mol. The third-order valence-electron chi connectivity index (χ3n) is 3.39. The summed E-state index contributed by atoms with van der Waals surface area (Å²) in [7, 11) is 0. The van der Waals surface area contributed by atoms with Crippen molar-refractivity contribution in [3.8, 4) is 0 Å². The van der Waals surface area contributed by atoms with Crippen LogP contribution in [-0.2, 0) is 17.6 Å². The van der Waals surface area contributed by atoms with Crippen LogP contribution in [0.1, 0.15) is 31.4 Å². The van der Waals surface area contributed by atoms with Gasteiger partial charge in [-0.15, -0.1) is 0 Å². The van der Waals surface area contributed by atoms with Crippen LogP contribution < -0.4 is 11.1 Å². The van der Waals surface area contributed by atoms with E-state index in [-0.39, 0.29) is 11.8 Å². The van der Waals surface area contributed by atoms with Crippen molar-refractivity contribution in [3.63, 3.8) is 0 Å². The fourth-order valence-electron chi connectivity index (χ4n) is 2.18. The molecule has 3 nitrogen and oxygen atoms in total. The van der Waals surface area contributed by atoms with Gasteiger partial charge in [0.15, 0.2) is 0 Å². The van der Waals surface area contributed by atoms with Gasteiger partial charge in [-0.2, -0.15) is 0 Å². The number of carbonyl (C=O) groups is 1. The minimum Gasteiger partial charge on any atom is -0.325 e. The van der Waals surface area contributed by atoms with Crippen molar-refractivity contribution in [2.75, 3.05) is 5.32 Å². The normalized spacial score (nSPS) is 15.8. The van der Waals surface area contributed by atoms with E-state index in [4.69, 9.17) is 5.73 Å². The van der Waals surface area contributed by atoms with E-state index in [0.717, 1.165) is 18.5 Å². The Kier molecular flexibility index (Phi) is 3.48. The molecule has 0 spiro atoms. The first kappa shape index (κ1) is 12.1. The highest BCUT2D eigenvalue weighted by molar-refractivity contribution is 5.94. The number of amides is 1. The van der Waals surface area contributed by atoms with Gasteiger partial charge in [0.1, 0.15) is 0 Å². The molecule has 1 amide bonds. The summed E-state index contributed by atoms with van der Waals surface area (Å²) < 4.78 is 0. The van der Waals surface area contributed by atoms with Crippen LogP contribution in [0.15, 0.2) is 18.2 Å². The number of nitrogens with two attached hydrogens (primary N) is 1. The van der Waals surface area contributed by atoms with Crippen molar-refractivity contribution in [1.29, 1.82) is 0 Å². The highest BCUT2D eigenvalue weighted by atomic mass is 16.2. The molecule has 92 valence electrons. The van der Waals surface area contributed by atoms with Gasteiger partial charge in [-0.25, -0.2) is 0 Å². The second-order valence-electron chi connectivity index (χ2n) is 5.10. The lowest BCUT2D eigenvalue weighted by molar-refractivity contribution is -0.118. The van der Waals surface area contributed by atoms with E-state index >= 15 is 0 Å². The number of fused-ring (bicyclic) bond motifs is 1. The molecule has 0 saturated heterocycles. The summed E-state index contributed by atoms with van der Waals surface area (Å²) in [4.78, 5) is 11.8. The zero-order valence-corrected chi connectivity index (χ0v) is 10.5. The minimum atomic E-state index is -0.441. The number of hydrogen-bond donors (Lipinski definition) is 2. The molecule has 0 aromatic heterocycles. The fourth-order valence-corrected chi connectivity index (χ4v) is 2.18. The van der Waals surface area contributed by atoms with E-state index < -0.39 is 6.04 Å². The van der Waals surface area contributed by atoms with Crippen LogP contribution in [0.3, 0.4) is 0 Å². The largest absolute Gasteiger partial charge is 0.325 e. The monoisotopic (exact) mass is 232 g/mol. The predicted octanol–water partition coefficient (Wildman–Crippen LogP) is 2.10. The number of anilines is 1. The number of aryl methyl sites for hydroxylation is 2. The van der Waals surface area contributed by atoms with Gasteiger partial charge >= 0.3 is 0 Å². The van der Waals surface area contributed by atoms with E-state index in [1.54, 1.807) is 0 Å². The zero-order valence-electron chi connectivity index (χ0n) is 10.5. The molecule has 0 heterocycles. The molecular formula is C14H20N2O. The maximum Gasteiger partial charge on any atom is 0.241 e. The van der Waals surface area contributed by atoms with Crippen LogP contribution in [0.2, 0.25) is 0 Å². The van der Waals surface area contributed by atoms with E-state index in [2.05, 4.69) is 17.4 Å². The Balaban J connectivity index is 2.07. The van der Waals surface area contributed by atoms with Crippen LogP contribution in [0.25, 0.3) is 0 Å². The third kappa shape index (κ3) is 2.67. The Morgan fingerprint density at radius 2 is 2.00 bits per heavy atom. The first-order valence-electron chi connectivity index (χ1n) is 6.26. The van der Waals surface area contributed by atoms with Crippen molar-refractivity contribution in [2.45, 2.75) is 39.2 Å². The number of carbonyl (C=O) groups excluding carboxylic acids is 1. The molecule has 0 saturated carbocycles. The topological polar surface area (TPSA) is 55.1 Å². The molecule has 1 unspecified atom stereocenters. The lowest BCUT2D eigenvalue weighted by atomic mass is 10.0. The quantitative estimate of drug-likeness (QED) is 0.838. The lowest BCUT2D eigenvalue weighted by Crippen LogP contribution is -2.39. The molecule has 1 atom stereocenters. The highest BCUT2D eigenvalue weighted by Crippen LogP contribution is 2.24. The van der Waals surface area contributed by atoms with Crippen molar-refractivity contribution in [3.05, 3.63) is 29.3 Å². The molecule has 3 heteroatoms.